The van der Waals surface area contributed by atoms with Crippen LogP contribution in [0.15, 0.2) is 29.3 Å². The Morgan fingerprint density at radius 3 is 2.29 bits per heavy atom. The van der Waals surface area contributed by atoms with E-state index in [1.165, 1.54) is 5.56 Å². The van der Waals surface area contributed by atoms with E-state index in [4.69, 9.17) is 0 Å². The minimum absolute atomic E-state index is 0.0534. The third-order valence-corrected chi connectivity index (χ3v) is 3.82. The molecule has 2 rings (SSSR count). The molecule has 1 amide bonds. The van der Waals surface area contributed by atoms with Gasteiger partial charge in [-0.15, -0.1) is 0 Å². The van der Waals surface area contributed by atoms with Crippen LogP contribution in [0.4, 0.5) is 0 Å². The first kappa shape index (κ1) is 15.5. The van der Waals surface area contributed by atoms with E-state index in [0.29, 0.717) is 24.3 Å². The fraction of sp³-hybridized carbons (Fsp3) is 0.529. The lowest BCUT2D eigenvalue weighted by Crippen LogP contribution is -2.40. The van der Waals surface area contributed by atoms with Gasteiger partial charge in [0.1, 0.15) is 5.54 Å². The number of guanidine groups is 1. The van der Waals surface area contributed by atoms with Crippen LogP contribution >= 0.6 is 0 Å². The minimum Gasteiger partial charge on any atom is -0.338 e. The van der Waals surface area contributed by atoms with Gasteiger partial charge in [-0.1, -0.05) is 52.0 Å². The van der Waals surface area contributed by atoms with Crippen molar-refractivity contribution >= 4 is 11.9 Å². The number of benzene rings is 1. The molecule has 0 radical (unpaired) electrons. The molecule has 1 heterocycles. The highest BCUT2D eigenvalue weighted by Crippen LogP contribution is 2.26. The Kier molecular flexibility index (Phi) is 4.35. The van der Waals surface area contributed by atoms with Crippen LogP contribution in [0, 0.1) is 5.92 Å². The predicted molar refractivity (Wildman–Crippen MR) is 86.3 cm³/mol. The second-order valence-electron chi connectivity index (χ2n) is 6.56. The topological polar surface area (TPSA) is 53.5 Å². The molecule has 1 aliphatic heterocycles. The summed E-state index contributed by atoms with van der Waals surface area (Å²) in [6.45, 7) is 11.1. The summed E-state index contributed by atoms with van der Waals surface area (Å²) in [6.07, 6.45) is 0. The summed E-state index contributed by atoms with van der Waals surface area (Å²) < 4.78 is 0. The normalized spacial score (nSPS) is 23.8. The van der Waals surface area contributed by atoms with Gasteiger partial charge in [-0.25, -0.2) is 0 Å². The zero-order valence-electron chi connectivity index (χ0n) is 13.5. The van der Waals surface area contributed by atoms with Gasteiger partial charge in [0.2, 0.25) is 0 Å². The monoisotopic (exact) mass is 287 g/mol. The lowest BCUT2D eigenvalue weighted by molar-refractivity contribution is -0.123. The third kappa shape index (κ3) is 3.26. The molecule has 1 fully saturated rings. The summed E-state index contributed by atoms with van der Waals surface area (Å²) >= 11 is 0. The van der Waals surface area contributed by atoms with Crippen molar-refractivity contribution in [1.29, 1.82) is 0 Å². The number of nitrogens with one attached hydrogen (secondary N) is 2. The number of rotatable bonds is 4. The molecule has 21 heavy (non-hydrogen) atoms. The maximum Gasteiger partial charge on any atom is 0.256 e. The van der Waals surface area contributed by atoms with Gasteiger partial charge >= 0.3 is 0 Å². The zero-order chi connectivity index (χ0) is 15.6. The maximum absolute atomic E-state index is 12.3. The summed E-state index contributed by atoms with van der Waals surface area (Å²) in [5.41, 5.74) is 1.49. The van der Waals surface area contributed by atoms with E-state index in [1.807, 2.05) is 19.1 Å². The van der Waals surface area contributed by atoms with Crippen molar-refractivity contribution in [3.05, 3.63) is 35.4 Å². The van der Waals surface area contributed by atoms with Crippen LogP contribution in [0.3, 0.4) is 0 Å². The predicted octanol–water partition coefficient (Wildman–Crippen LogP) is 2.76. The lowest BCUT2D eigenvalue weighted by atomic mass is 9.90. The highest BCUT2D eigenvalue weighted by molar-refractivity contribution is 6.09. The molecule has 1 aliphatic rings. The zero-order valence-corrected chi connectivity index (χ0v) is 13.5. The molecule has 1 saturated heterocycles. The number of amides is 1. The first-order valence-electron chi connectivity index (χ1n) is 7.57. The van der Waals surface area contributed by atoms with Crippen molar-refractivity contribution in [1.82, 2.24) is 10.6 Å². The first-order chi connectivity index (χ1) is 9.83. The van der Waals surface area contributed by atoms with Gasteiger partial charge in [0.25, 0.3) is 5.91 Å². The van der Waals surface area contributed by atoms with Gasteiger partial charge < -0.3 is 5.32 Å². The average Bonchev–Trinajstić information content (AvgIpc) is 2.73. The Morgan fingerprint density at radius 2 is 1.76 bits per heavy atom. The van der Waals surface area contributed by atoms with E-state index < -0.39 is 5.54 Å². The minimum atomic E-state index is -0.745. The largest absolute Gasteiger partial charge is 0.338 e. The van der Waals surface area contributed by atoms with Crippen molar-refractivity contribution in [3.8, 4) is 0 Å². The lowest BCUT2D eigenvalue weighted by Gasteiger charge is -2.22. The fourth-order valence-corrected chi connectivity index (χ4v) is 2.31. The Bertz CT molecular complexity index is 546. The maximum atomic E-state index is 12.3. The number of nitrogens with zero attached hydrogens (tertiary/aromatic N) is 1. The third-order valence-electron chi connectivity index (χ3n) is 3.82. The molecule has 114 valence electrons. The Labute approximate surface area is 127 Å². The van der Waals surface area contributed by atoms with E-state index >= 15 is 0 Å². The number of carbonyl (C=O) groups is 1. The quantitative estimate of drug-likeness (QED) is 0.894. The van der Waals surface area contributed by atoms with Gasteiger partial charge in [-0.05, 0) is 29.9 Å². The molecular weight excluding hydrogens is 262 g/mol. The highest BCUT2D eigenvalue weighted by Gasteiger charge is 2.42. The van der Waals surface area contributed by atoms with Crippen LogP contribution < -0.4 is 10.6 Å². The molecule has 0 aliphatic carbocycles. The summed E-state index contributed by atoms with van der Waals surface area (Å²) in [5, 5.41) is 6.06. The molecule has 4 heteroatoms. The van der Waals surface area contributed by atoms with Crippen LogP contribution in [0.2, 0.25) is 0 Å². The Morgan fingerprint density at radius 1 is 1.14 bits per heavy atom. The van der Waals surface area contributed by atoms with Gasteiger partial charge in [-0.3, -0.25) is 15.1 Å². The second kappa shape index (κ2) is 5.88. The van der Waals surface area contributed by atoms with E-state index in [2.05, 4.69) is 55.5 Å². The number of hydrogen-bond acceptors (Lipinski definition) is 2. The van der Waals surface area contributed by atoms with Crippen molar-refractivity contribution in [2.24, 2.45) is 10.9 Å². The first-order valence-corrected chi connectivity index (χ1v) is 7.57. The smallest absolute Gasteiger partial charge is 0.256 e. The SMILES string of the molecule is CC(C)CN=C1NC(=O)C(C)(c2ccc(C(C)C)cc2)N1. The van der Waals surface area contributed by atoms with E-state index in [0.717, 1.165) is 5.56 Å². The van der Waals surface area contributed by atoms with Crippen molar-refractivity contribution < 1.29 is 4.79 Å². The fourth-order valence-electron chi connectivity index (χ4n) is 2.31. The second-order valence-corrected chi connectivity index (χ2v) is 6.56. The molecule has 0 saturated carbocycles. The van der Waals surface area contributed by atoms with Crippen LogP contribution in [-0.2, 0) is 10.3 Å². The van der Waals surface area contributed by atoms with Crippen LogP contribution in [-0.4, -0.2) is 18.4 Å². The van der Waals surface area contributed by atoms with Crippen LogP contribution in [0.25, 0.3) is 0 Å². The molecule has 0 aromatic heterocycles. The van der Waals surface area contributed by atoms with Gasteiger partial charge in [0.15, 0.2) is 5.96 Å². The van der Waals surface area contributed by atoms with Gasteiger partial charge in [0, 0.05) is 6.54 Å². The summed E-state index contributed by atoms with van der Waals surface area (Å²) in [5.74, 6) is 1.47. The molecule has 2 N–H and O–H groups in total. The van der Waals surface area contributed by atoms with E-state index in [9.17, 15) is 4.79 Å². The summed E-state index contributed by atoms with van der Waals surface area (Å²) in [4.78, 5) is 16.7. The summed E-state index contributed by atoms with van der Waals surface area (Å²) in [7, 11) is 0. The number of aliphatic imine (C=N–C) groups is 1. The van der Waals surface area contributed by atoms with Gasteiger partial charge in [0.05, 0.1) is 0 Å². The molecule has 0 spiro atoms. The molecule has 1 unspecified atom stereocenters. The number of hydrogen-bond donors (Lipinski definition) is 2. The highest BCUT2D eigenvalue weighted by atomic mass is 16.2. The molecule has 0 bridgehead atoms. The molecular formula is C17H25N3O. The van der Waals surface area contributed by atoms with Crippen LogP contribution in [0.1, 0.15) is 51.7 Å². The molecule has 1 aromatic carbocycles. The Balaban J connectivity index is 2.21. The molecule has 1 aromatic rings. The van der Waals surface area contributed by atoms with Crippen molar-refractivity contribution in [2.75, 3.05) is 6.54 Å². The van der Waals surface area contributed by atoms with Crippen molar-refractivity contribution in [3.63, 3.8) is 0 Å². The molecule has 1 atom stereocenters. The van der Waals surface area contributed by atoms with Crippen molar-refractivity contribution in [2.45, 2.75) is 46.1 Å². The number of carbonyl (C=O) groups excluding carboxylic acids is 1. The van der Waals surface area contributed by atoms with Crippen LogP contribution in [0.5, 0.6) is 0 Å². The standard InChI is InChI=1S/C17H25N3O/c1-11(2)10-18-16-19-15(21)17(5,20-16)14-8-6-13(7-9-14)12(3)4/h6-9,11-12H,10H2,1-5H3,(H2,18,19,20,21). The van der Waals surface area contributed by atoms with Gasteiger partial charge in [-0.2, -0.15) is 0 Å². The Hall–Kier alpha value is -1.84. The summed E-state index contributed by atoms with van der Waals surface area (Å²) in [6, 6.07) is 8.22. The average molecular weight is 287 g/mol. The van der Waals surface area contributed by atoms with E-state index in [-0.39, 0.29) is 5.91 Å². The van der Waals surface area contributed by atoms with E-state index in [1.54, 1.807) is 0 Å². The molecule has 4 nitrogen and oxygen atoms in total.